The van der Waals surface area contributed by atoms with Crippen molar-refractivity contribution in [1.29, 1.82) is 0 Å². The van der Waals surface area contributed by atoms with Gasteiger partial charge in [0.25, 0.3) is 5.69 Å². The summed E-state index contributed by atoms with van der Waals surface area (Å²) in [7, 11) is 0. The zero-order valence-electron chi connectivity index (χ0n) is 12.3. The van der Waals surface area contributed by atoms with Crippen LogP contribution in [0.4, 0.5) is 11.4 Å². The van der Waals surface area contributed by atoms with Crippen molar-refractivity contribution < 1.29 is 19.6 Å². The molecule has 2 aromatic rings. The quantitative estimate of drug-likeness (QED) is 0.395. The Morgan fingerprint density at radius 1 is 1.35 bits per heavy atom. The van der Waals surface area contributed by atoms with E-state index in [0.29, 0.717) is 5.69 Å². The highest BCUT2D eigenvalue weighted by molar-refractivity contribution is 5.96. The molecule has 0 aromatic heterocycles. The summed E-state index contributed by atoms with van der Waals surface area (Å²) < 4.78 is 4.94. The minimum atomic E-state index is -0.566. The summed E-state index contributed by atoms with van der Waals surface area (Å²) in [6.07, 6.45) is 1.26. The lowest BCUT2D eigenvalue weighted by molar-refractivity contribution is -0.384. The topological polar surface area (TPSA) is 102 Å². The van der Waals surface area contributed by atoms with Gasteiger partial charge in [-0.25, -0.2) is 4.79 Å². The van der Waals surface area contributed by atoms with Crippen molar-refractivity contribution in [2.24, 2.45) is 4.99 Å². The van der Waals surface area contributed by atoms with E-state index in [1.54, 1.807) is 31.2 Å². The Labute approximate surface area is 132 Å². The number of benzene rings is 2. The summed E-state index contributed by atoms with van der Waals surface area (Å²) in [5.41, 5.74) is 0.633. The van der Waals surface area contributed by atoms with Crippen LogP contribution >= 0.6 is 0 Å². The van der Waals surface area contributed by atoms with Crippen molar-refractivity contribution >= 4 is 23.6 Å². The third-order valence-electron chi connectivity index (χ3n) is 2.96. The lowest BCUT2D eigenvalue weighted by Crippen LogP contribution is -2.04. The van der Waals surface area contributed by atoms with E-state index in [1.165, 1.54) is 24.4 Å². The van der Waals surface area contributed by atoms with Crippen LogP contribution in [0.1, 0.15) is 22.8 Å². The molecule has 0 amide bonds. The lowest BCUT2D eigenvalue weighted by atomic mass is 10.1. The first-order chi connectivity index (χ1) is 11.0. The number of phenolic OH excluding ortho intramolecular Hbond substituents is 1. The fourth-order valence-electron chi connectivity index (χ4n) is 1.87. The standard InChI is InChI=1S/C16H14N2O5/c1-2-23-16(20)13-5-3-4-6-14(13)17-10-11-9-12(18(21)22)7-8-15(11)19/h3-10,19H,2H2,1H3. The summed E-state index contributed by atoms with van der Waals surface area (Å²) in [5.74, 6) is -0.656. The highest BCUT2D eigenvalue weighted by Crippen LogP contribution is 2.24. The fourth-order valence-corrected chi connectivity index (χ4v) is 1.87. The molecule has 0 radical (unpaired) electrons. The lowest BCUT2D eigenvalue weighted by Gasteiger charge is -2.05. The molecule has 0 saturated carbocycles. The molecular formula is C16H14N2O5. The minimum Gasteiger partial charge on any atom is -0.507 e. The van der Waals surface area contributed by atoms with Gasteiger partial charge in [-0.15, -0.1) is 0 Å². The molecule has 0 heterocycles. The third-order valence-corrected chi connectivity index (χ3v) is 2.96. The number of carbonyl (C=O) groups is 1. The number of esters is 1. The van der Waals surface area contributed by atoms with E-state index >= 15 is 0 Å². The second-order valence-corrected chi connectivity index (χ2v) is 4.50. The van der Waals surface area contributed by atoms with Gasteiger partial charge in [0.1, 0.15) is 5.75 Å². The normalized spacial score (nSPS) is 10.7. The Balaban J connectivity index is 2.36. The average molecular weight is 314 g/mol. The number of aliphatic imine (C=N–C) groups is 1. The Bertz CT molecular complexity index is 771. The number of nitro groups is 1. The second kappa shape index (κ2) is 7.17. The van der Waals surface area contributed by atoms with Crippen molar-refractivity contribution in [2.45, 2.75) is 6.92 Å². The highest BCUT2D eigenvalue weighted by Gasteiger charge is 2.12. The van der Waals surface area contributed by atoms with E-state index in [2.05, 4.69) is 4.99 Å². The van der Waals surface area contributed by atoms with Crippen LogP contribution in [0.25, 0.3) is 0 Å². The summed E-state index contributed by atoms with van der Waals surface area (Å²) in [4.78, 5) is 26.2. The molecule has 0 aliphatic carbocycles. The molecule has 0 aliphatic heterocycles. The van der Waals surface area contributed by atoms with Crippen LogP contribution in [0.15, 0.2) is 47.5 Å². The maximum Gasteiger partial charge on any atom is 0.340 e. The van der Waals surface area contributed by atoms with Crippen LogP contribution in [-0.2, 0) is 4.74 Å². The number of rotatable bonds is 5. The molecule has 0 unspecified atom stereocenters. The first-order valence-corrected chi connectivity index (χ1v) is 6.80. The van der Waals surface area contributed by atoms with E-state index in [4.69, 9.17) is 4.74 Å². The van der Waals surface area contributed by atoms with Gasteiger partial charge >= 0.3 is 5.97 Å². The third kappa shape index (κ3) is 3.91. The summed E-state index contributed by atoms with van der Waals surface area (Å²) in [6.45, 7) is 1.94. The molecule has 0 atom stereocenters. The van der Waals surface area contributed by atoms with Crippen molar-refractivity contribution in [3.8, 4) is 5.75 Å². The number of para-hydroxylation sites is 1. The second-order valence-electron chi connectivity index (χ2n) is 4.50. The SMILES string of the molecule is CCOC(=O)c1ccccc1N=Cc1cc([N+](=O)[O-])ccc1O. The smallest absolute Gasteiger partial charge is 0.340 e. The van der Waals surface area contributed by atoms with Crippen LogP contribution in [0, 0.1) is 10.1 Å². The van der Waals surface area contributed by atoms with E-state index in [-0.39, 0.29) is 29.2 Å². The predicted molar refractivity (Wildman–Crippen MR) is 84.4 cm³/mol. The molecule has 2 aromatic carbocycles. The summed E-state index contributed by atoms with van der Waals surface area (Å²) in [5, 5.41) is 20.5. The zero-order valence-corrected chi connectivity index (χ0v) is 12.3. The van der Waals surface area contributed by atoms with Crippen molar-refractivity contribution in [3.05, 3.63) is 63.7 Å². The summed E-state index contributed by atoms with van der Waals surface area (Å²) in [6, 6.07) is 10.2. The van der Waals surface area contributed by atoms with Crippen LogP contribution in [0.3, 0.4) is 0 Å². The number of hydrogen-bond acceptors (Lipinski definition) is 6. The monoisotopic (exact) mass is 314 g/mol. The molecule has 2 rings (SSSR count). The van der Waals surface area contributed by atoms with Crippen molar-refractivity contribution in [1.82, 2.24) is 0 Å². The molecule has 7 heteroatoms. The predicted octanol–water partition coefficient (Wildman–Crippen LogP) is 3.23. The maximum absolute atomic E-state index is 11.9. The van der Waals surface area contributed by atoms with Gasteiger partial charge in [0, 0.05) is 23.9 Å². The van der Waals surface area contributed by atoms with Gasteiger partial charge < -0.3 is 9.84 Å². The van der Waals surface area contributed by atoms with E-state index in [9.17, 15) is 20.0 Å². The molecule has 7 nitrogen and oxygen atoms in total. The first-order valence-electron chi connectivity index (χ1n) is 6.80. The van der Waals surface area contributed by atoms with Gasteiger partial charge in [0.05, 0.1) is 22.8 Å². The molecule has 118 valence electrons. The number of hydrogen-bond donors (Lipinski definition) is 1. The number of carbonyl (C=O) groups excluding carboxylic acids is 1. The van der Waals surface area contributed by atoms with Crippen LogP contribution in [-0.4, -0.2) is 28.8 Å². The van der Waals surface area contributed by atoms with Gasteiger partial charge in [-0.1, -0.05) is 12.1 Å². The van der Waals surface area contributed by atoms with Crippen molar-refractivity contribution in [3.63, 3.8) is 0 Å². The average Bonchev–Trinajstić information content (AvgIpc) is 2.54. The number of nitrogens with zero attached hydrogens (tertiary/aromatic N) is 2. The highest BCUT2D eigenvalue weighted by atomic mass is 16.6. The Morgan fingerprint density at radius 2 is 2.09 bits per heavy atom. The first kappa shape index (κ1) is 16.2. The number of ether oxygens (including phenoxy) is 1. The van der Waals surface area contributed by atoms with Gasteiger partial charge in [-0.2, -0.15) is 0 Å². The molecular weight excluding hydrogens is 300 g/mol. The molecule has 0 aliphatic rings. The molecule has 0 spiro atoms. The largest absolute Gasteiger partial charge is 0.507 e. The van der Waals surface area contributed by atoms with Crippen LogP contribution in [0.2, 0.25) is 0 Å². The maximum atomic E-state index is 11.9. The number of non-ortho nitro benzene ring substituents is 1. The molecule has 0 fully saturated rings. The molecule has 0 saturated heterocycles. The molecule has 0 bridgehead atoms. The van der Waals surface area contributed by atoms with E-state index in [1.807, 2.05) is 0 Å². The summed E-state index contributed by atoms with van der Waals surface area (Å²) >= 11 is 0. The van der Waals surface area contributed by atoms with Crippen molar-refractivity contribution in [2.75, 3.05) is 6.61 Å². The van der Waals surface area contributed by atoms with Gasteiger partial charge in [-0.05, 0) is 25.1 Å². The van der Waals surface area contributed by atoms with E-state index in [0.717, 1.165) is 0 Å². The minimum absolute atomic E-state index is 0.145. The van der Waals surface area contributed by atoms with Gasteiger partial charge in [0.2, 0.25) is 0 Å². The Hall–Kier alpha value is -3.22. The molecule has 1 N–H and O–H groups in total. The zero-order chi connectivity index (χ0) is 16.8. The number of nitro benzene ring substituents is 1. The van der Waals surface area contributed by atoms with E-state index < -0.39 is 10.9 Å². The Kier molecular flexibility index (Phi) is 5.03. The number of aromatic hydroxyl groups is 1. The molecule has 23 heavy (non-hydrogen) atoms. The van der Waals surface area contributed by atoms with Gasteiger partial charge in [0.15, 0.2) is 0 Å². The van der Waals surface area contributed by atoms with Crippen LogP contribution in [0.5, 0.6) is 5.75 Å². The fraction of sp³-hybridized carbons (Fsp3) is 0.125. The van der Waals surface area contributed by atoms with Crippen LogP contribution < -0.4 is 0 Å². The van der Waals surface area contributed by atoms with Gasteiger partial charge in [-0.3, -0.25) is 15.1 Å². The number of phenols is 1. The Morgan fingerprint density at radius 3 is 2.78 bits per heavy atom.